The highest BCUT2D eigenvalue weighted by molar-refractivity contribution is 6.33. The molecule has 5 heteroatoms. The third-order valence-electron chi connectivity index (χ3n) is 3.78. The van der Waals surface area contributed by atoms with Crippen LogP contribution in [-0.2, 0) is 0 Å². The summed E-state index contributed by atoms with van der Waals surface area (Å²) < 4.78 is 11.2. The molecule has 0 bridgehead atoms. The standard InChI is InChI=1S/C20H24ClNO3/c1-5-24-18-10-8-15(12-19(18)25-6-2)14(4)22-20(23)16-9-7-13(3)11-17(16)21/h7-12,14H,5-6H2,1-4H3,(H,22,23). The molecule has 4 nitrogen and oxygen atoms in total. The van der Waals surface area contributed by atoms with Crippen LogP contribution in [0, 0.1) is 6.92 Å². The van der Waals surface area contributed by atoms with E-state index in [1.807, 2.05) is 52.0 Å². The molecule has 2 aromatic rings. The molecule has 0 fully saturated rings. The van der Waals surface area contributed by atoms with E-state index in [1.165, 1.54) is 0 Å². The number of halogens is 1. The van der Waals surface area contributed by atoms with Crippen molar-refractivity contribution in [3.8, 4) is 11.5 Å². The van der Waals surface area contributed by atoms with Crippen molar-refractivity contribution in [1.29, 1.82) is 0 Å². The molecule has 2 rings (SSSR count). The lowest BCUT2D eigenvalue weighted by Crippen LogP contribution is -2.27. The van der Waals surface area contributed by atoms with Gasteiger partial charge in [-0.2, -0.15) is 0 Å². The van der Waals surface area contributed by atoms with Crippen LogP contribution >= 0.6 is 11.6 Å². The van der Waals surface area contributed by atoms with Crippen LogP contribution in [0.5, 0.6) is 11.5 Å². The average molecular weight is 362 g/mol. The molecule has 0 aliphatic carbocycles. The van der Waals surface area contributed by atoms with Crippen LogP contribution in [0.1, 0.15) is 48.3 Å². The SMILES string of the molecule is CCOc1ccc(C(C)NC(=O)c2ccc(C)cc2Cl)cc1OCC. The van der Waals surface area contributed by atoms with Gasteiger partial charge in [-0.3, -0.25) is 4.79 Å². The molecule has 1 N–H and O–H groups in total. The van der Waals surface area contributed by atoms with Gasteiger partial charge in [0.1, 0.15) is 0 Å². The van der Waals surface area contributed by atoms with Gasteiger partial charge in [0.05, 0.1) is 29.8 Å². The Kier molecular flexibility index (Phi) is 6.71. The van der Waals surface area contributed by atoms with Crippen LogP contribution in [0.2, 0.25) is 5.02 Å². The monoisotopic (exact) mass is 361 g/mol. The number of amides is 1. The van der Waals surface area contributed by atoms with E-state index < -0.39 is 0 Å². The molecular weight excluding hydrogens is 338 g/mol. The second-order valence-electron chi connectivity index (χ2n) is 5.75. The van der Waals surface area contributed by atoms with E-state index in [9.17, 15) is 4.79 Å². The van der Waals surface area contributed by atoms with Crippen molar-refractivity contribution < 1.29 is 14.3 Å². The first kappa shape index (κ1) is 19.1. The Morgan fingerprint density at radius 3 is 2.40 bits per heavy atom. The smallest absolute Gasteiger partial charge is 0.253 e. The summed E-state index contributed by atoms with van der Waals surface area (Å²) in [6.07, 6.45) is 0. The van der Waals surface area contributed by atoms with Gasteiger partial charge in [-0.15, -0.1) is 0 Å². The van der Waals surface area contributed by atoms with Gasteiger partial charge >= 0.3 is 0 Å². The van der Waals surface area contributed by atoms with Crippen LogP contribution in [-0.4, -0.2) is 19.1 Å². The van der Waals surface area contributed by atoms with Crippen molar-refractivity contribution in [2.45, 2.75) is 33.7 Å². The molecule has 0 radical (unpaired) electrons. The third-order valence-corrected chi connectivity index (χ3v) is 4.10. The van der Waals surface area contributed by atoms with E-state index >= 15 is 0 Å². The van der Waals surface area contributed by atoms with E-state index in [4.69, 9.17) is 21.1 Å². The lowest BCUT2D eigenvalue weighted by Gasteiger charge is -2.18. The highest BCUT2D eigenvalue weighted by atomic mass is 35.5. The van der Waals surface area contributed by atoms with Crippen molar-refractivity contribution in [2.24, 2.45) is 0 Å². The number of hydrogen-bond donors (Lipinski definition) is 1. The number of ether oxygens (including phenoxy) is 2. The van der Waals surface area contributed by atoms with Crippen LogP contribution in [0.3, 0.4) is 0 Å². The van der Waals surface area contributed by atoms with Gasteiger partial charge in [0.15, 0.2) is 11.5 Å². The normalized spacial score (nSPS) is 11.7. The molecule has 0 heterocycles. The summed E-state index contributed by atoms with van der Waals surface area (Å²) in [5.74, 6) is 1.17. The molecule has 0 aliphatic heterocycles. The largest absolute Gasteiger partial charge is 0.490 e. The van der Waals surface area contributed by atoms with Crippen molar-refractivity contribution in [3.63, 3.8) is 0 Å². The Morgan fingerprint density at radius 2 is 1.76 bits per heavy atom. The zero-order valence-corrected chi connectivity index (χ0v) is 15.8. The van der Waals surface area contributed by atoms with Crippen LogP contribution in [0.15, 0.2) is 36.4 Å². The fourth-order valence-corrected chi connectivity index (χ4v) is 2.82. The molecule has 1 unspecified atom stereocenters. The van der Waals surface area contributed by atoms with Crippen molar-refractivity contribution in [3.05, 3.63) is 58.1 Å². The van der Waals surface area contributed by atoms with Gasteiger partial charge in [-0.25, -0.2) is 0 Å². The summed E-state index contributed by atoms with van der Waals surface area (Å²) in [7, 11) is 0. The minimum atomic E-state index is -0.204. The van der Waals surface area contributed by atoms with Crippen LogP contribution in [0.4, 0.5) is 0 Å². The van der Waals surface area contributed by atoms with E-state index in [0.29, 0.717) is 35.3 Å². The first-order valence-electron chi connectivity index (χ1n) is 8.42. The Bertz CT molecular complexity index is 746. The quantitative estimate of drug-likeness (QED) is 0.760. The third kappa shape index (κ3) is 4.89. The summed E-state index contributed by atoms with van der Waals surface area (Å²) >= 11 is 6.18. The highest BCUT2D eigenvalue weighted by Crippen LogP contribution is 2.31. The van der Waals surface area contributed by atoms with Gasteiger partial charge in [0.25, 0.3) is 5.91 Å². The van der Waals surface area contributed by atoms with Crippen molar-refractivity contribution >= 4 is 17.5 Å². The first-order chi connectivity index (χ1) is 12.0. The molecule has 134 valence electrons. The predicted molar refractivity (Wildman–Crippen MR) is 101 cm³/mol. The van der Waals surface area contributed by atoms with Gasteiger partial charge in [-0.05, 0) is 63.1 Å². The Labute approximate surface area is 154 Å². The van der Waals surface area contributed by atoms with Crippen molar-refractivity contribution in [2.75, 3.05) is 13.2 Å². The number of hydrogen-bond acceptors (Lipinski definition) is 3. The lowest BCUT2D eigenvalue weighted by molar-refractivity contribution is 0.0940. The Hall–Kier alpha value is -2.20. The fourth-order valence-electron chi connectivity index (χ4n) is 2.50. The van der Waals surface area contributed by atoms with E-state index in [-0.39, 0.29) is 11.9 Å². The average Bonchev–Trinajstić information content (AvgIpc) is 2.56. The molecule has 0 saturated carbocycles. The van der Waals surface area contributed by atoms with E-state index in [0.717, 1.165) is 11.1 Å². The predicted octanol–water partition coefficient (Wildman–Crippen LogP) is 4.94. The maximum absolute atomic E-state index is 12.5. The first-order valence-corrected chi connectivity index (χ1v) is 8.80. The summed E-state index contributed by atoms with van der Waals surface area (Å²) in [5.41, 5.74) is 2.42. The Balaban J connectivity index is 2.18. The highest BCUT2D eigenvalue weighted by Gasteiger charge is 2.16. The summed E-state index contributed by atoms with van der Waals surface area (Å²) in [4.78, 5) is 12.5. The molecule has 25 heavy (non-hydrogen) atoms. The minimum absolute atomic E-state index is 0.195. The van der Waals surface area contributed by atoms with E-state index in [1.54, 1.807) is 12.1 Å². The zero-order valence-electron chi connectivity index (χ0n) is 15.1. The summed E-state index contributed by atoms with van der Waals surface area (Å²) in [5, 5.41) is 3.42. The minimum Gasteiger partial charge on any atom is -0.490 e. The summed E-state index contributed by atoms with van der Waals surface area (Å²) in [6, 6.07) is 10.9. The molecule has 0 saturated heterocycles. The van der Waals surface area contributed by atoms with Gasteiger partial charge in [0.2, 0.25) is 0 Å². The number of carbonyl (C=O) groups excluding carboxylic acids is 1. The van der Waals surface area contributed by atoms with Crippen molar-refractivity contribution in [1.82, 2.24) is 5.32 Å². The maximum atomic E-state index is 12.5. The number of aryl methyl sites for hydroxylation is 1. The number of benzene rings is 2. The zero-order chi connectivity index (χ0) is 18.4. The lowest BCUT2D eigenvalue weighted by atomic mass is 10.1. The fraction of sp³-hybridized carbons (Fsp3) is 0.350. The second-order valence-corrected chi connectivity index (χ2v) is 6.16. The molecular formula is C20H24ClNO3. The molecule has 2 aromatic carbocycles. The number of carbonyl (C=O) groups is 1. The molecule has 0 aromatic heterocycles. The second kappa shape index (κ2) is 8.77. The van der Waals surface area contributed by atoms with Gasteiger partial charge in [0, 0.05) is 0 Å². The number of nitrogens with one attached hydrogen (secondary N) is 1. The number of rotatable bonds is 7. The Morgan fingerprint density at radius 1 is 1.08 bits per heavy atom. The molecule has 1 atom stereocenters. The van der Waals surface area contributed by atoms with Gasteiger partial charge in [-0.1, -0.05) is 23.7 Å². The topological polar surface area (TPSA) is 47.6 Å². The van der Waals surface area contributed by atoms with Gasteiger partial charge < -0.3 is 14.8 Å². The summed E-state index contributed by atoms with van der Waals surface area (Å²) in [6.45, 7) is 8.82. The maximum Gasteiger partial charge on any atom is 0.253 e. The van der Waals surface area contributed by atoms with Crippen LogP contribution < -0.4 is 14.8 Å². The van der Waals surface area contributed by atoms with E-state index in [2.05, 4.69) is 5.32 Å². The van der Waals surface area contributed by atoms with Crippen LogP contribution in [0.25, 0.3) is 0 Å². The molecule has 0 aliphatic rings. The molecule has 0 spiro atoms. The molecule has 1 amide bonds.